The summed E-state index contributed by atoms with van der Waals surface area (Å²) >= 11 is 0. The number of nitrogens with two attached hydrogens (primary N) is 1. The molecule has 0 aromatic heterocycles. The first-order valence-corrected chi connectivity index (χ1v) is 12.2. The molecule has 0 radical (unpaired) electrons. The SMILES string of the molecule is CC[C@H](C)[C@@H](N)C(=O)N(CCO)C(=O)C(Cc1ccccc1)C[C@H](O)[C@H](C)NC(=O)OC(C)(C)C. The third kappa shape index (κ3) is 10.3. The molecule has 198 valence electrons. The fraction of sp³-hybridized carbons (Fsp3) is 0.654. The number of nitrogens with one attached hydrogen (secondary N) is 1. The van der Waals surface area contributed by atoms with E-state index >= 15 is 0 Å². The van der Waals surface area contributed by atoms with Crippen molar-refractivity contribution in [2.24, 2.45) is 17.6 Å². The van der Waals surface area contributed by atoms with Crippen LogP contribution in [0.15, 0.2) is 30.3 Å². The van der Waals surface area contributed by atoms with Gasteiger partial charge in [-0.25, -0.2) is 4.79 Å². The first-order valence-electron chi connectivity index (χ1n) is 12.2. The zero-order valence-electron chi connectivity index (χ0n) is 21.9. The van der Waals surface area contributed by atoms with Gasteiger partial charge in [0.25, 0.3) is 0 Å². The third-order valence-electron chi connectivity index (χ3n) is 5.92. The molecule has 0 fully saturated rings. The Morgan fingerprint density at radius 1 is 1.11 bits per heavy atom. The van der Waals surface area contributed by atoms with Crippen molar-refractivity contribution in [1.82, 2.24) is 10.2 Å². The van der Waals surface area contributed by atoms with Gasteiger partial charge in [-0.3, -0.25) is 14.5 Å². The molecule has 1 rings (SSSR count). The minimum atomic E-state index is -1.09. The Kier molecular flexibility index (Phi) is 12.4. The normalized spacial score (nSPS) is 15.9. The standard InChI is InChI=1S/C26H43N3O6/c1-7-17(2)22(27)24(33)29(13-14-30)23(32)20(15-19-11-9-8-10-12-19)16-21(31)18(3)28-25(34)35-26(4,5)6/h8-12,17-18,20-22,30-31H,7,13-16,27H2,1-6H3,(H,28,34)/t17-,18-,20?,21-,22+/m0/s1. The van der Waals surface area contributed by atoms with Gasteiger partial charge in [0.2, 0.25) is 11.8 Å². The Bertz CT molecular complexity index is 811. The van der Waals surface area contributed by atoms with Gasteiger partial charge in [0.05, 0.1) is 31.3 Å². The number of aliphatic hydroxyl groups excluding tert-OH is 2. The Morgan fingerprint density at radius 2 is 1.71 bits per heavy atom. The molecule has 0 spiro atoms. The summed E-state index contributed by atoms with van der Waals surface area (Å²) in [5.74, 6) is -2.00. The number of carbonyl (C=O) groups excluding carboxylic acids is 3. The molecule has 1 aromatic rings. The van der Waals surface area contributed by atoms with Crippen LogP contribution < -0.4 is 11.1 Å². The van der Waals surface area contributed by atoms with E-state index in [1.54, 1.807) is 27.7 Å². The highest BCUT2D eigenvalue weighted by Gasteiger charge is 2.35. The largest absolute Gasteiger partial charge is 0.444 e. The van der Waals surface area contributed by atoms with Gasteiger partial charge in [0.1, 0.15) is 5.60 Å². The van der Waals surface area contributed by atoms with Crippen molar-refractivity contribution in [3.63, 3.8) is 0 Å². The van der Waals surface area contributed by atoms with Crippen LogP contribution in [0.5, 0.6) is 0 Å². The van der Waals surface area contributed by atoms with Crippen LogP contribution in [0.2, 0.25) is 0 Å². The second kappa shape index (κ2) is 14.2. The zero-order valence-corrected chi connectivity index (χ0v) is 21.9. The lowest BCUT2D eigenvalue weighted by atomic mass is 9.89. The molecule has 1 unspecified atom stereocenters. The Labute approximate surface area is 209 Å². The van der Waals surface area contributed by atoms with Crippen molar-refractivity contribution in [1.29, 1.82) is 0 Å². The van der Waals surface area contributed by atoms with Crippen LogP contribution in [0.1, 0.15) is 59.9 Å². The fourth-order valence-corrected chi connectivity index (χ4v) is 3.58. The van der Waals surface area contributed by atoms with Crippen LogP contribution in [0.4, 0.5) is 4.79 Å². The molecule has 5 atom stereocenters. The van der Waals surface area contributed by atoms with E-state index in [1.165, 1.54) is 0 Å². The Hall–Kier alpha value is -2.49. The van der Waals surface area contributed by atoms with Crippen LogP contribution in [0.3, 0.4) is 0 Å². The van der Waals surface area contributed by atoms with E-state index in [-0.39, 0.29) is 25.3 Å². The van der Waals surface area contributed by atoms with Gasteiger partial charge in [-0.2, -0.15) is 0 Å². The summed E-state index contributed by atoms with van der Waals surface area (Å²) in [5, 5.41) is 23.0. The van der Waals surface area contributed by atoms with Crippen molar-refractivity contribution in [3.8, 4) is 0 Å². The van der Waals surface area contributed by atoms with Crippen LogP contribution >= 0.6 is 0 Å². The number of hydrogen-bond acceptors (Lipinski definition) is 7. The van der Waals surface area contributed by atoms with E-state index in [1.807, 2.05) is 44.2 Å². The molecule has 3 amide bonds. The smallest absolute Gasteiger partial charge is 0.407 e. The highest BCUT2D eigenvalue weighted by atomic mass is 16.6. The van der Waals surface area contributed by atoms with Gasteiger partial charge < -0.3 is 26.0 Å². The fourth-order valence-electron chi connectivity index (χ4n) is 3.58. The predicted octanol–water partition coefficient (Wildman–Crippen LogP) is 2.23. The summed E-state index contributed by atoms with van der Waals surface area (Å²) < 4.78 is 5.24. The number of benzene rings is 1. The number of nitrogens with zero attached hydrogens (tertiary/aromatic N) is 1. The minimum absolute atomic E-state index is 0.0154. The van der Waals surface area contributed by atoms with Crippen LogP contribution in [-0.4, -0.2) is 70.0 Å². The van der Waals surface area contributed by atoms with Gasteiger partial charge in [-0.1, -0.05) is 50.6 Å². The molecule has 0 aliphatic rings. The Morgan fingerprint density at radius 3 is 2.23 bits per heavy atom. The molecule has 0 saturated carbocycles. The van der Waals surface area contributed by atoms with Gasteiger partial charge in [-0.15, -0.1) is 0 Å². The third-order valence-corrected chi connectivity index (χ3v) is 5.92. The van der Waals surface area contributed by atoms with Gasteiger partial charge in [-0.05, 0) is 52.0 Å². The lowest BCUT2D eigenvalue weighted by molar-refractivity contribution is -0.150. The predicted molar refractivity (Wildman–Crippen MR) is 134 cm³/mol. The number of aliphatic hydroxyl groups is 2. The highest BCUT2D eigenvalue weighted by Crippen LogP contribution is 2.21. The van der Waals surface area contributed by atoms with Gasteiger partial charge in [0.15, 0.2) is 0 Å². The summed E-state index contributed by atoms with van der Waals surface area (Å²) in [7, 11) is 0. The van der Waals surface area contributed by atoms with E-state index in [2.05, 4.69) is 5.32 Å². The van der Waals surface area contributed by atoms with Crippen molar-refractivity contribution >= 4 is 17.9 Å². The van der Waals surface area contributed by atoms with Crippen molar-refractivity contribution in [3.05, 3.63) is 35.9 Å². The average Bonchev–Trinajstić information content (AvgIpc) is 2.79. The summed E-state index contributed by atoms with van der Waals surface area (Å²) in [4.78, 5) is 39.8. The van der Waals surface area contributed by atoms with E-state index in [0.29, 0.717) is 6.42 Å². The van der Waals surface area contributed by atoms with E-state index in [0.717, 1.165) is 10.5 Å². The molecule has 0 saturated heterocycles. The quantitative estimate of drug-likeness (QED) is 0.350. The van der Waals surface area contributed by atoms with Crippen molar-refractivity contribution in [2.45, 2.75) is 84.6 Å². The summed E-state index contributed by atoms with van der Waals surface area (Å²) in [5.41, 5.74) is 6.27. The molecule has 1 aromatic carbocycles. The van der Waals surface area contributed by atoms with Crippen molar-refractivity contribution in [2.75, 3.05) is 13.2 Å². The van der Waals surface area contributed by atoms with Gasteiger partial charge >= 0.3 is 6.09 Å². The number of carbonyl (C=O) groups is 3. The Balaban J connectivity index is 3.12. The van der Waals surface area contributed by atoms with Gasteiger partial charge in [0, 0.05) is 5.92 Å². The minimum Gasteiger partial charge on any atom is -0.444 e. The van der Waals surface area contributed by atoms with Crippen LogP contribution in [0, 0.1) is 11.8 Å². The first-order chi connectivity index (χ1) is 16.3. The lowest BCUT2D eigenvalue weighted by Gasteiger charge is -2.31. The molecule has 9 heteroatoms. The summed E-state index contributed by atoms with van der Waals surface area (Å²) in [6.07, 6.45) is -0.850. The number of ether oxygens (including phenoxy) is 1. The van der Waals surface area contributed by atoms with E-state index < -0.39 is 54.2 Å². The number of imide groups is 1. The topological polar surface area (TPSA) is 142 Å². The molecule has 0 bridgehead atoms. The second-order valence-corrected chi connectivity index (χ2v) is 10.1. The highest BCUT2D eigenvalue weighted by molar-refractivity contribution is 5.99. The zero-order chi connectivity index (χ0) is 26.8. The number of rotatable bonds is 12. The second-order valence-electron chi connectivity index (χ2n) is 10.1. The van der Waals surface area contributed by atoms with Crippen molar-refractivity contribution < 1.29 is 29.3 Å². The van der Waals surface area contributed by atoms with Crippen LogP contribution in [-0.2, 0) is 20.7 Å². The molecule has 5 N–H and O–H groups in total. The summed E-state index contributed by atoms with van der Waals surface area (Å²) in [6, 6.07) is 7.67. The number of amides is 3. The maximum atomic E-state index is 13.6. The summed E-state index contributed by atoms with van der Waals surface area (Å²) in [6.45, 7) is 9.98. The molecular weight excluding hydrogens is 450 g/mol. The average molecular weight is 494 g/mol. The number of alkyl carbamates (subject to hydrolysis) is 1. The molecule has 35 heavy (non-hydrogen) atoms. The maximum absolute atomic E-state index is 13.6. The molecule has 0 aliphatic heterocycles. The monoisotopic (exact) mass is 493 g/mol. The molecule has 0 aliphatic carbocycles. The molecular formula is C26H43N3O6. The van der Waals surface area contributed by atoms with E-state index in [9.17, 15) is 24.6 Å². The van der Waals surface area contributed by atoms with E-state index in [4.69, 9.17) is 10.5 Å². The lowest BCUT2D eigenvalue weighted by Crippen LogP contribution is -2.53. The molecule has 9 nitrogen and oxygen atoms in total. The van der Waals surface area contributed by atoms with Crippen LogP contribution in [0.25, 0.3) is 0 Å². The first kappa shape index (κ1) is 30.5. The maximum Gasteiger partial charge on any atom is 0.407 e. The molecule has 0 heterocycles. The number of hydrogen-bond donors (Lipinski definition) is 4.